The zero-order chi connectivity index (χ0) is 8.93. The number of hydrogen-bond donors (Lipinski definition) is 1. The van der Waals surface area contributed by atoms with Crippen molar-refractivity contribution in [2.24, 2.45) is 7.05 Å². The Balaban J connectivity index is 2.64. The molecular formula is C4H5N3O4S. The molecule has 1 aromatic rings. The van der Waals surface area contributed by atoms with Crippen LogP contribution in [0.1, 0.15) is 0 Å². The Morgan fingerprint density at radius 3 is 2.75 bits per heavy atom. The van der Waals surface area contributed by atoms with Gasteiger partial charge in [0.15, 0.2) is 5.82 Å². The lowest BCUT2D eigenvalue weighted by Crippen LogP contribution is -2.11. The molecule has 0 spiro atoms. The Hall–Kier alpha value is -1.44. The van der Waals surface area contributed by atoms with E-state index in [-0.39, 0.29) is 17.4 Å². The number of hydrogen-bond acceptors (Lipinski definition) is 6. The van der Waals surface area contributed by atoms with Crippen molar-refractivity contribution in [1.82, 2.24) is 9.78 Å². The molecule has 0 unspecified atom stereocenters. The number of fused-ring (bicyclic) bond motifs is 1. The molecule has 7 nitrogen and oxygen atoms in total. The fourth-order valence-electron chi connectivity index (χ4n) is 0.895. The van der Waals surface area contributed by atoms with Gasteiger partial charge in [-0.1, -0.05) is 0 Å². The largest absolute Gasteiger partial charge is 0.502 e. The van der Waals surface area contributed by atoms with Crippen molar-refractivity contribution < 1.29 is 16.8 Å². The molecule has 0 aromatic carbocycles. The summed E-state index contributed by atoms with van der Waals surface area (Å²) in [6, 6.07) is 0. The minimum atomic E-state index is -3.95. The standard InChI is InChI=1S/C4H5N3O4S/c1-7-4-2(3(5)6-7)10-12(8,9)11-4/h1H3,(H2,5,6). The monoisotopic (exact) mass is 191 g/mol. The quantitative estimate of drug-likeness (QED) is 0.566. The zero-order valence-corrected chi connectivity index (χ0v) is 6.83. The van der Waals surface area contributed by atoms with E-state index in [1.54, 1.807) is 0 Å². The predicted octanol–water partition coefficient (Wildman–Crippen LogP) is -0.982. The molecule has 0 saturated carbocycles. The molecule has 0 atom stereocenters. The van der Waals surface area contributed by atoms with Crippen LogP contribution in [0.5, 0.6) is 11.6 Å². The molecule has 0 amide bonds. The smallest absolute Gasteiger partial charge is 0.379 e. The first kappa shape index (κ1) is 7.22. The average Bonchev–Trinajstić information content (AvgIpc) is 2.34. The Morgan fingerprint density at radius 1 is 1.50 bits per heavy atom. The molecule has 2 N–H and O–H groups in total. The molecule has 0 fully saturated rings. The summed E-state index contributed by atoms with van der Waals surface area (Å²) >= 11 is 0. The molecule has 1 aliphatic rings. The van der Waals surface area contributed by atoms with Gasteiger partial charge < -0.3 is 14.1 Å². The third-order valence-electron chi connectivity index (χ3n) is 1.34. The van der Waals surface area contributed by atoms with Gasteiger partial charge in [0, 0.05) is 7.05 Å². The lowest BCUT2D eigenvalue weighted by atomic mass is 10.6. The van der Waals surface area contributed by atoms with Crippen LogP contribution >= 0.6 is 0 Å². The van der Waals surface area contributed by atoms with Crippen molar-refractivity contribution in [2.75, 3.05) is 5.73 Å². The topological polar surface area (TPSA) is 96.4 Å². The van der Waals surface area contributed by atoms with E-state index in [4.69, 9.17) is 5.73 Å². The molecule has 0 radical (unpaired) electrons. The van der Waals surface area contributed by atoms with Gasteiger partial charge in [0.25, 0.3) is 11.6 Å². The van der Waals surface area contributed by atoms with Gasteiger partial charge in [-0.15, -0.1) is 13.5 Å². The third-order valence-corrected chi connectivity index (χ3v) is 2.08. The van der Waals surface area contributed by atoms with E-state index in [0.717, 1.165) is 0 Å². The number of rotatable bonds is 0. The highest BCUT2D eigenvalue weighted by Crippen LogP contribution is 2.39. The molecule has 0 aliphatic carbocycles. The summed E-state index contributed by atoms with van der Waals surface area (Å²) in [5.74, 6) is -0.0430. The summed E-state index contributed by atoms with van der Waals surface area (Å²) < 4.78 is 31.4. The van der Waals surface area contributed by atoms with Gasteiger partial charge in [0.05, 0.1) is 0 Å². The summed E-state index contributed by atoms with van der Waals surface area (Å²) in [7, 11) is -2.45. The van der Waals surface area contributed by atoms with Crippen molar-refractivity contribution in [3.8, 4) is 11.6 Å². The summed E-state index contributed by atoms with van der Waals surface area (Å²) in [5, 5.41) is 3.68. The molecule has 8 heteroatoms. The van der Waals surface area contributed by atoms with Gasteiger partial charge in [-0.2, -0.15) is 0 Å². The van der Waals surface area contributed by atoms with Crippen molar-refractivity contribution in [3.63, 3.8) is 0 Å². The second-order valence-corrected chi connectivity index (χ2v) is 3.37. The highest BCUT2D eigenvalue weighted by atomic mass is 32.3. The van der Waals surface area contributed by atoms with Crippen molar-refractivity contribution in [3.05, 3.63) is 0 Å². The van der Waals surface area contributed by atoms with Crippen molar-refractivity contribution >= 4 is 16.2 Å². The minimum Gasteiger partial charge on any atom is -0.379 e. The Morgan fingerprint density at radius 2 is 2.17 bits per heavy atom. The molecule has 2 heterocycles. The fraction of sp³-hybridized carbons (Fsp3) is 0.250. The first-order chi connectivity index (χ1) is 5.49. The molecule has 0 bridgehead atoms. The van der Waals surface area contributed by atoms with Crippen LogP contribution in [0.15, 0.2) is 0 Å². The van der Waals surface area contributed by atoms with E-state index in [9.17, 15) is 8.42 Å². The predicted molar refractivity (Wildman–Crippen MR) is 37.8 cm³/mol. The number of aryl methyl sites for hydroxylation is 1. The maximum atomic E-state index is 10.7. The van der Waals surface area contributed by atoms with Crippen LogP contribution in [0.4, 0.5) is 5.82 Å². The van der Waals surface area contributed by atoms with Crippen molar-refractivity contribution in [2.45, 2.75) is 0 Å². The lowest BCUT2D eigenvalue weighted by Gasteiger charge is -1.94. The molecule has 2 rings (SSSR count). The summed E-state index contributed by atoms with van der Waals surface area (Å²) in [4.78, 5) is 0. The second kappa shape index (κ2) is 1.83. The first-order valence-electron chi connectivity index (χ1n) is 2.96. The zero-order valence-electron chi connectivity index (χ0n) is 6.01. The van der Waals surface area contributed by atoms with E-state index in [0.29, 0.717) is 0 Å². The maximum absolute atomic E-state index is 10.7. The number of nitrogens with zero attached hydrogens (tertiary/aromatic N) is 2. The summed E-state index contributed by atoms with van der Waals surface area (Å²) in [5.41, 5.74) is 5.31. The Kier molecular flexibility index (Phi) is 1.10. The highest BCUT2D eigenvalue weighted by molar-refractivity contribution is 7.82. The van der Waals surface area contributed by atoms with Gasteiger partial charge in [0.1, 0.15) is 0 Å². The maximum Gasteiger partial charge on any atom is 0.502 e. The van der Waals surface area contributed by atoms with Crippen LogP contribution in [-0.4, -0.2) is 18.2 Å². The van der Waals surface area contributed by atoms with Gasteiger partial charge in [-0.3, -0.25) is 0 Å². The van der Waals surface area contributed by atoms with Gasteiger partial charge in [-0.05, 0) is 0 Å². The van der Waals surface area contributed by atoms with Crippen LogP contribution in [0.2, 0.25) is 0 Å². The van der Waals surface area contributed by atoms with Crippen LogP contribution in [0, 0.1) is 0 Å². The van der Waals surface area contributed by atoms with E-state index in [1.165, 1.54) is 11.7 Å². The lowest BCUT2D eigenvalue weighted by molar-refractivity contribution is 0.421. The first-order valence-corrected chi connectivity index (χ1v) is 4.29. The SMILES string of the molecule is Cn1nc(N)c2c1OS(=O)(=O)O2. The average molecular weight is 191 g/mol. The molecule has 66 valence electrons. The Labute approximate surface area is 68.0 Å². The number of nitrogen functional groups attached to an aromatic ring is 1. The molecule has 1 aliphatic heterocycles. The van der Waals surface area contributed by atoms with Crippen LogP contribution in [-0.2, 0) is 17.4 Å². The van der Waals surface area contributed by atoms with E-state index < -0.39 is 10.4 Å². The Bertz CT molecular complexity index is 401. The molecule has 1 aromatic heterocycles. The highest BCUT2D eigenvalue weighted by Gasteiger charge is 2.35. The van der Waals surface area contributed by atoms with Crippen LogP contribution in [0.3, 0.4) is 0 Å². The fourth-order valence-corrected chi connectivity index (χ4v) is 1.67. The van der Waals surface area contributed by atoms with E-state index in [1.807, 2.05) is 0 Å². The number of aromatic nitrogens is 2. The number of nitrogens with two attached hydrogens (primary N) is 1. The molecule has 0 saturated heterocycles. The molecular weight excluding hydrogens is 186 g/mol. The van der Waals surface area contributed by atoms with Crippen LogP contribution in [0.25, 0.3) is 0 Å². The van der Waals surface area contributed by atoms with Crippen molar-refractivity contribution in [1.29, 1.82) is 0 Å². The second-order valence-electron chi connectivity index (χ2n) is 2.22. The third kappa shape index (κ3) is 0.811. The number of anilines is 1. The van der Waals surface area contributed by atoms with Gasteiger partial charge in [0.2, 0.25) is 0 Å². The summed E-state index contributed by atoms with van der Waals surface area (Å²) in [6.07, 6.45) is 0. The van der Waals surface area contributed by atoms with Gasteiger partial charge >= 0.3 is 10.4 Å². The van der Waals surface area contributed by atoms with E-state index >= 15 is 0 Å². The van der Waals surface area contributed by atoms with Crippen LogP contribution < -0.4 is 14.1 Å². The van der Waals surface area contributed by atoms with E-state index in [2.05, 4.69) is 13.5 Å². The van der Waals surface area contributed by atoms with Gasteiger partial charge in [-0.25, -0.2) is 4.68 Å². The summed E-state index contributed by atoms with van der Waals surface area (Å²) in [6.45, 7) is 0. The normalized spacial score (nSPS) is 18.1. The minimum absolute atomic E-state index is 0.00595. The molecule has 12 heavy (non-hydrogen) atoms.